The molecule has 1 aromatic carbocycles. The van der Waals surface area contributed by atoms with Gasteiger partial charge in [0.05, 0.1) is 17.0 Å². The summed E-state index contributed by atoms with van der Waals surface area (Å²) in [5, 5.41) is 8.86. The average molecular weight is 574 g/mol. The maximum absolute atomic E-state index is 13.3. The van der Waals surface area contributed by atoms with Crippen molar-refractivity contribution in [2.75, 3.05) is 25.0 Å². The highest BCUT2D eigenvalue weighted by atomic mass is 35.5. The summed E-state index contributed by atoms with van der Waals surface area (Å²) < 4.78 is 52.0. The fourth-order valence-electron chi connectivity index (χ4n) is 4.54. The van der Waals surface area contributed by atoms with Crippen molar-refractivity contribution in [3.63, 3.8) is 0 Å². The first kappa shape index (κ1) is 31.2. The van der Waals surface area contributed by atoms with Crippen LogP contribution in [0.5, 0.6) is 0 Å². The molecule has 0 N–H and O–H groups in total. The third-order valence-corrected chi connectivity index (χ3v) is 6.85. The smallest absolute Gasteiger partial charge is 0.355 e. The Morgan fingerprint density at radius 2 is 1.55 bits per heavy atom. The Balaban J connectivity index is 0.00000253. The minimum Gasteiger partial charge on any atom is -0.355 e. The molecule has 1 saturated heterocycles. The Bertz CT molecular complexity index is 1280. The van der Waals surface area contributed by atoms with Crippen LogP contribution in [-0.2, 0) is 6.18 Å². The number of amides is 1. The van der Waals surface area contributed by atoms with Crippen LogP contribution < -0.4 is 4.90 Å². The number of hydrogen-bond donors (Lipinski definition) is 0. The Hall–Kier alpha value is -2.98. The number of benzene rings is 1. The minimum atomic E-state index is -4.55. The highest BCUT2D eigenvalue weighted by molar-refractivity contribution is 5.95. The van der Waals surface area contributed by atoms with E-state index in [9.17, 15) is 22.4 Å². The second-order valence-electron chi connectivity index (χ2n) is 9.09. The largest absolute Gasteiger partial charge is 0.433 e. The molecule has 0 saturated carbocycles. The van der Waals surface area contributed by atoms with Gasteiger partial charge in [-0.25, -0.2) is 9.37 Å². The van der Waals surface area contributed by atoms with E-state index in [0.29, 0.717) is 31.6 Å². The molecule has 1 amide bonds. The lowest BCUT2D eigenvalue weighted by molar-refractivity contribution is -0.141. The van der Waals surface area contributed by atoms with Gasteiger partial charge in [0.15, 0.2) is 5.82 Å². The van der Waals surface area contributed by atoms with Crippen molar-refractivity contribution >= 4 is 36.5 Å². The Labute approximate surface area is 231 Å². The van der Waals surface area contributed by atoms with Crippen molar-refractivity contribution in [3.8, 4) is 11.3 Å². The van der Waals surface area contributed by atoms with Gasteiger partial charge in [-0.15, -0.1) is 35.0 Å². The van der Waals surface area contributed by atoms with Crippen LogP contribution in [0, 0.1) is 26.6 Å². The molecule has 1 fully saturated rings. The number of carbonyl (C=O) groups excluding carboxylic acids is 1. The highest BCUT2D eigenvalue weighted by Crippen LogP contribution is 2.31. The van der Waals surface area contributed by atoms with Gasteiger partial charge in [-0.2, -0.15) is 13.2 Å². The van der Waals surface area contributed by atoms with E-state index in [1.165, 1.54) is 25.1 Å². The minimum absolute atomic E-state index is 0. The molecule has 206 valence electrons. The molecule has 0 radical (unpaired) electrons. The molecule has 38 heavy (non-hydrogen) atoms. The number of carbonyl (C=O) groups is 1. The van der Waals surface area contributed by atoms with Gasteiger partial charge in [0.25, 0.3) is 5.91 Å². The molecule has 4 rings (SSSR count). The van der Waals surface area contributed by atoms with E-state index in [0.717, 1.165) is 28.6 Å². The number of rotatable bonds is 4. The number of aromatic nitrogens is 3. The summed E-state index contributed by atoms with van der Waals surface area (Å²) >= 11 is 0. The second-order valence-corrected chi connectivity index (χ2v) is 9.09. The van der Waals surface area contributed by atoms with Crippen LogP contribution >= 0.6 is 24.8 Å². The second kappa shape index (κ2) is 12.3. The van der Waals surface area contributed by atoms with Crippen LogP contribution in [0.1, 0.15) is 45.7 Å². The van der Waals surface area contributed by atoms with Crippen LogP contribution in [0.2, 0.25) is 0 Å². The summed E-state index contributed by atoms with van der Waals surface area (Å²) in [5.74, 6) is 0.116. The summed E-state index contributed by atoms with van der Waals surface area (Å²) in [6.07, 6.45) is -3.20. The van der Waals surface area contributed by atoms with E-state index in [4.69, 9.17) is 0 Å². The van der Waals surface area contributed by atoms with Crippen LogP contribution in [0.4, 0.5) is 23.4 Å². The van der Waals surface area contributed by atoms with Gasteiger partial charge in [0.1, 0.15) is 11.5 Å². The number of piperidine rings is 1. The summed E-state index contributed by atoms with van der Waals surface area (Å²) in [5.41, 5.74) is 2.66. The van der Waals surface area contributed by atoms with E-state index < -0.39 is 11.9 Å². The van der Waals surface area contributed by atoms with Crippen LogP contribution in [-0.4, -0.2) is 52.2 Å². The maximum Gasteiger partial charge on any atom is 0.433 e. The lowest BCUT2D eigenvalue weighted by Gasteiger charge is -2.38. The van der Waals surface area contributed by atoms with Crippen molar-refractivity contribution in [3.05, 3.63) is 70.3 Å². The molecule has 1 aliphatic heterocycles. The standard InChI is InChI=1S/C26H27F4N5O.2ClH/c1-15-16(2)24(33-32-23(15)18-5-7-19(27)8-6-18)35-13-11-20(12-14-35)34(4)25(36)21-9-10-22(26(28,29)30)31-17(21)3;;/h5-10,20H,11-14H2,1-4H3;2*1H. The molecule has 0 bridgehead atoms. The molecule has 0 spiro atoms. The highest BCUT2D eigenvalue weighted by Gasteiger charge is 2.34. The van der Waals surface area contributed by atoms with E-state index in [1.807, 2.05) is 13.8 Å². The molecular formula is C26H29Cl2F4N5O. The monoisotopic (exact) mass is 573 g/mol. The number of nitrogens with zero attached hydrogens (tertiary/aromatic N) is 5. The number of pyridine rings is 1. The molecule has 1 aliphatic rings. The quantitative estimate of drug-likeness (QED) is 0.347. The van der Waals surface area contributed by atoms with E-state index in [1.54, 1.807) is 24.1 Å². The molecule has 0 unspecified atom stereocenters. The molecule has 2 aromatic heterocycles. The van der Waals surface area contributed by atoms with E-state index in [-0.39, 0.29) is 53.8 Å². The van der Waals surface area contributed by atoms with Gasteiger partial charge >= 0.3 is 6.18 Å². The van der Waals surface area contributed by atoms with Crippen molar-refractivity contribution in [1.29, 1.82) is 0 Å². The van der Waals surface area contributed by atoms with Gasteiger partial charge in [0, 0.05) is 31.7 Å². The molecule has 6 nitrogen and oxygen atoms in total. The van der Waals surface area contributed by atoms with Crippen LogP contribution in [0.3, 0.4) is 0 Å². The van der Waals surface area contributed by atoms with Crippen molar-refractivity contribution in [1.82, 2.24) is 20.1 Å². The molecule has 3 aromatic rings. The van der Waals surface area contributed by atoms with Crippen LogP contribution in [0.15, 0.2) is 36.4 Å². The van der Waals surface area contributed by atoms with Gasteiger partial charge in [0.2, 0.25) is 0 Å². The number of aryl methyl sites for hydroxylation is 1. The van der Waals surface area contributed by atoms with E-state index in [2.05, 4.69) is 20.1 Å². The lowest BCUT2D eigenvalue weighted by Crippen LogP contribution is -2.46. The zero-order chi connectivity index (χ0) is 26.2. The first-order valence-corrected chi connectivity index (χ1v) is 11.6. The molecule has 12 heteroatoms. The predicted octanol–water partition coefficient (Wildman–Crippen LogP) is 6.21. The fraction of sp³-hybridized carbons (Fsp3) is 0.385. The zero-order valence-corrected chi connectivity index (χ0v) is 23.0. The van der Waals surface area contributed by atoms with Crippen LogP contribution in [0.25, 0.3) is 11.3 Å². The fourth-order valence-corrected chi connectivity index (χ4v) is 4.54. The summed E-state index contributed by atoms with van der Waals surface area (Å²) in [7, 11) is 1.67. The SMILES string of the molecule is Cc1nc(C(F)(F)F)ccc1C(=O)N(C)C1CCN(c2nnc(-c3ccc(F)cc3)c(C)c2C)CC1.Cl.Cl. The number of halogens is 6. The third kappa shape index (κ3) is 6.35. The van der Waals surface area contributed by atoms with Crippen molar-refractivity contribution in [2.24, 2.45) is 0 Å². The Morgan fingerprint density at radius 3 is 2.11 bits per heavy atom. The number of anilines is 1. The van der Waals surface area contributed by atoms with Gasteiger partial charge in [-0.3, -0.25) is 4.79 Å². The average Bonchev–Trinajstić information content (AvgIpc) is 2.85. The molecule has 0 atom stereocenters. The van der Waals surface area contributed by atoms with Crippen molar-refractivity contribution in [2.45, 2.75) is 45.8 Å². The van der Waals surface area contributed by atoms with Gasteiger partial charge in [-0.05, 0) is 81.1 Å². The molecular weight excluding hydrogens is 545 g/mol. The first-order chi connectivity index (χ1) is 17.0. The summed E-state index contributed by atoms with van der Waals surface area (Å²) in [6.45, 7) is 6.66. The van der Waals surface area contributed by atoms with Gasteiger partial charge in [-0.1, -0.05) is 0 Å². The lowest BCUT2D eigenvalue weighted by atomic mass is 10.00. The first-order valence-electron chi connectivity index (χ1n) is 11.6. The summed E-state index contributed by atoms with van der Waals surface area (Å²) in [6, 6.07) is 8.12. The predicted molar refractivity (Wildman–Crippen MR) is 143 cm³/mol. The topological polar surface area (TPSA) is 62.2 Å². The van der Waals surface area contributed by atoms with E-state index >= 15 is 0 Å². The normalized spacial score (nSPS) is 13.9. The number of hydrogen-bond acceptors (Lipinski definition) is 5. The maximum atomic E-state index is 13.3. The number of alkyl halides is 3. The Kier molecular flexibility index (Phi) is 10.1. The molecule has 3 heterocycles. The third-order valence-electron chi connectivity index (χ3n) is 6.85. The molecule has 0 aliphatic carbocycles. The Morgan fingerprint density at radius 1 is 0.947 bits per heavy atom. The van der Waals surface area contributed by atoms with Gasteiger partial charge < -0.3 is 9.80 Å². The zero-order valence-electron chi connectivity index (χ0n) is 21.3. The van der Waals surface area contributed by atoms with Crippen molar-refractivity contribution < 1.29 is 22.4 Å². The summed E-state index contributed by atoms with van der Waals surface area (Å²) in [4.78, 5) is 20.3.